The molecule has 3 rings (SSSR count). The smallest absolute Gasteiger partial charge is 0.248 e. The van der Waals surface area contributed by atoms with Gasteiger partial charge in [0.2, 0.25) is 15.9 Å². The van der Waals surface area contributed by atoms with Crippen LogP contribution < -0.4 is 5.32 Å². The number of nitrogens with one attached hydrogen (secondary N) is 1. The minimum atomic E-state index is -3.74. The monoisotopic (exact) mass is 423 g/mol. The summed E-state index contributed by atoms with van der Waals surface area (Å²) in [6.07, 6.45) is 5.37. The molecule has 7 nitrogen and oxygen atoms in total. The number of sulfonamides is 1. The average molecular weight is 424 g/mol. The molecule has 0 aromatic carbocycles. The van der Waals surface area contributed by atoms with Gasteiger partial charge in [-0.25, -0.2) is 8.42 Å². The Morgan fingerprint density at radius 3 is 2.79 bits per heavy atom. The first-order valence-corrected chi connectivity index (χ1v) is 11.7. The van der Waals surface area contributed by atoms with Gasteiger partial charge in [0.25, 0.3) is 0 Å². The summed E-state index contributed by atoms with van der Waals surface area (Å²) in [5, 5.41) is 8.70. The molecule has 1 fully saturated rings. The Hall–Kier alpha value is -1.97. The fraction of sp³-hybridized carbons (Fsp3) is 0.474. The number of carbonyl (C=O) groups excluding carboxylic acids is 1. The molecular formula is C19H25N3O4S2. The van der Waals surface area contributed by atoms with Gasteiger partial charge in [-0.2, -0.15) is 4.31 Å². The number of aryl methyl sites for hydroxylation is 1. The number of carbonyl (C=O) groups is 1. The van der Waals surface area contributed by atoms with Gasteiger partial charge >= 0.3 is 0 Å². The summed E-state index contributed by atoms with van der Waals surface area (Å²) >= 11 is 1.55. The highest BCUT2D eigenvalue weighted by Gasteiger charge is 2.35. The molecule has 1 amide bonds. The lowest BCUT2D eigenvalue weighted by molar-refractivity contribution is -0.126. The summed E-state index contributed by atoms with van der Waals surface area (Å²) in [6, 6.07) is 3.86. The standard InChI is InChI=1S/C19H25N3O4S2/c1-3-10-20-19(23)15-8-11-22(12-9-15)28(24,25)18-14(2)21-26-17(18)7-6-16-5-4-13-27-16/h4-7,13,15H,3,8-12H2,1-2H3,(H,20,23)/b7-6+. The number of thiophene rings is 1. The van der Waals surface area contributed by atoms with Crippen LogP contribution in [0.3, 0.4) is 0 Å². The number of nitrogens with zero attached hydrogens (tertiary/aromatic N) is 2. The Balaban J connectivity index is 1.74. The Labute approximate surface area is 169 Å². The van der Waals surface area contributed by atoms with E-state index in [9.17, 15) is 13.2 Å². The van der Waals surface area contributed by atoms with Crippen molar-refractivity contribution >= 4 is 39.4 Å². The molecule has 2 aromatic rings. The van der Waals surface area contributed by atoms with Crippen molar-refractivity contribution in [2.75, 3.05) is 19.6 Å². The van der Waals surface area contributed by atoms with Crippen LogP contribution in [0.5, 0.6) is 0 Å². The lowest BCUT2D eigenvalue weighted by Gasteiger charge is -2.30. The predicted molar refractivity (Wildman–Crippen MR) is 109 cm³/mol. The van der Waals surface area contributed by atoms with Crippen LogP contribution in [0, 0.1) is 12.8 Å². The highest BCUT2D eigenvalue weighted by Crippen LogP contribution is 2.29. The third-order valence-corrected chi connectivity index (χ3v) is 7.64. The molecule has 0 saturated carbocycles. The molecule has 1 aliphatic heterocycles. The zero-order chi connectivity index (χ0) is 20.1. The van der Waals surface area contributed by atoms with E-state index in [4.69, 9.17) is 4.52 Å². The van der Waals surface area contributed by atoms with Crippen LogP contribution in [0.2, 0.25) is 0 Å². The maximum Gasteiger partial charge on any atom is 0.248 e. The summed E-state index contributed by atoms with van der Waals surface area (Å²) in [4.78, 5) is 13.2. The molecule has 1 aliphatic rings. The van der Waals surface area contributed by atoms with E-state index in [0.29, 0.717) is 38.2 Å². The van der Waals surface area contributed by atoms with Gasteiger partial charge < -0.3 is 9.84 Å². The SMILES string of the molecule is CCCNC(=O)C1CCN(S(=O)(=O)c2c(C)noc2/C=C/c2cccs2)CC1. The van der Waals surface area contributed by atoms with Gasteiger partial charge in [0.15, 0.2) is 10.7 Å². The Morgan fingerprint density at radius 2 is 2.14 bits per heavy atom. The van der Waals surface area contributed by atoms with Crippen LogP contribution in [-0.2, 0) is 14.8 Å². The Kier molecular flexibility index (Phi) is 6.69. The summed E-state index contributed by atoms with van der Waals surface area (Å²) < 4.78 is 33.1. The van der Waals surface area contributed by atoms with Gasteiger partial charge in [-0.15, -0.1) is 11.3 Å². The molecule has 2 aromatic heterocycles. The van der Waals surface area contributed by atoms with Gasteiger partial charge in [0.1, 0.15) is 5.69 Å². The van der Waals surface area contributed by atoms with Gasteiger partial charge in [0, 0.05) is 30.4 Å². The van der Waals surface area contributed by atoms with E-state index in [1.54, 1.807) is 24.3 Å². The van der Waals surface area contributed by atoms with E-state index in [-0.39, 0.29) is 22.5 Å². The third-order valence-electron chi connectivity index (χ3n) is 4.75. The van der Waals surface area contributed by atoms with Gasteiger partial charge in [-0.05, 0) is 49.8 Å². The molecule has 0 bridgehead atoms. The van der Waals surface area contributed by atoms with Crippen molar-refractivity contribution in [1.82, 2.24) is 14.8 Å². The number of rotatable bonds is 7. The molecule has 152 valence electrons. The summed E-state index contributed by atoms with van der Waals surface area (Å²) in [6.45, 7) is 4.90. The number of hydrogen-bond donors (Lipinski definition) is 1. The van der Waals surface area contributed by atoms with Gasteiger partial charge in [-0.3, -0.25) is 4.79 Å². The summed E-state index contributed by atoms with van der Waals surface area (Å²) in [5.74, 6) is 0.105. The molecule has 0 atom stereocenters. The maximum atomic E-state index is 13.2. The second-order valence-corrected chi connectivity index (χ2v) is 9.63. The van der Waals surface area contributed by atoms with E-state index in [0.717, 1.165) is 11.3 Å². The molecule has 1 N–H and O–H groups in total. The number of amides is 1. The number of hydrogen-bond acceptors (Lipinski definition) is 6. The molecule has 9 heteroatoms. The first-order chi connectivity index (χ1) is 13.4. The second-order valence-electron chi connectivity index (χ2n) is 6.78. The summed E-state index contributed by atoms with van der Waals surface area (Å²) in [5.41, 5.74) is 0.341. The van der Waals surface area contributed by atoms with Crippen LogP contribution in [0.25, 0.3) is 12.2 Å². The van der Waals surface area contributed by atoms with Crippen LogP contribution in [0.1, 0.15) is 42.5 Å². The Morgan fingerprint density at radius 1 is 1.39 bits per heavy atom. The first kappa shape index (κ1) is 20.8. The van der Waals surface area contributed by atoms with Crippen molar-refractivity contribution in [3.05, 3.63) is 33.8 Å². The van der Waals surface area contributed by atoms with E-state index >= 15 is 0 Å². The van der Waals surface area contributed by atoms with Crippen molar-refractivity contribution in [3.63, 3.8) is 0 Å². The van der Waals surface area contributed by atoms with Gasteiger partial charge in [-0.1, -0.05) is 18.1 Å². The molecule has 0 unspecified atom stereocenters. The van der Waals surface area contributed by atoms with Crippen molar-refractivity contribution in [2.45, 2.75) is 38.0 Å². The highest BCUT2D eigenvalue weighted by atomic mass is 32.2. The lowest BCUT2D eigenvalue weighted by Crippen LogP contribution is -2.43. The maximum absolute atomic E-state index is 13.2. The topological polar surface area (TPSA) is 92.5 Å². The average Bonchev–Trinajstić information content (AvgIpc) is 3.34. The van der Waals surface area contributed by atoms with Gasteiger partial charge in [0.05, 0.1) is 0 Å². The first-order valence-electron chi connectivity index (χ1n) is 9.39. The molecule has 1 saturated heterocycles. The predicted octanol–water partition coefficient (Wildman–Crippen LogP) is 3.14. The van der Waals surface area contributed by atoms with Crippen LogP contribution >= 0.6 is 11.3 Å². The number of piperidine rings is 1. The fourth-order valence-corrected chi connectivity index (χ4v) is 5.56. The van der Waals surface area contributed by atoms with Crippen molar-refractivity contribution in [2.24, 2.45) is 5.92 Å². The normalized spacial score (nSPS) is 16.6. The van der Waals surface area contributed by atoms with E-state index in [1.165, 1.54) is 4.31 Å². The van der Waals surface area contributed by atoms with Crippen molar-refractivity contribution in [1.29, 1.82) is 0 Å². The highest BCUT2D eigenvalue weighted by molar-refractivity contribution is 7.89. The largest absolute Gasteiger partial charge is 0.356 e. The minimum absolute atomic E-state index is 0.0135. The lowest BCUT2D eigenvalue weighted by atomic mass is 9.97. The van der Waals surface area contributed by atoms with E-state index in [2.05, 4.69) is 10.5 Å². The summed E-state index contributed by atoms with van der Waals surface area (Å²) in [7, 11) is -3.74. The zero-order valence-electron chi connectivity index (χ0n) is 16.1. The molecule has 3 heterocycles. The number of aromatic nitrogens is 1. The third kappa shape index (κ3) is 4.53. The van der Waals surface area contributed by atoms with E-state index < -0.39 is 10.0 Å². The molecular weight excluding hydrogens is 398 g/mol. The molecule has 0 radical (unpaired) electrons. The fourth-order valence-electron chi connectivity index (χ4n) is 3.22. The van der Waals surface area contributed by atoms with E-state index in [1.807, 2.05) is 30.5 Å². The quantitative estimate of drug-likeness (QED) is 0.739. The second kappa shape index (κ2) is 9.02. The zero-order valence-corrected chi connectivity index (χ0v) is 17.7. The van der Waals surface area contributed by atoms with Crippen molar-refractivity contribution in [3.8, 4) is 0 Å². The van der Waals surface area contributed by atoms with Crippen LogP contribution in [-0.4, -0.2) is 43.4 Å². The molecule has 0 spiro atoms. The van der Waals surface area contributed by atoms with Crippen molar-refractivity contribution < 1.29 is 17.7 Å². The van der Waals surface area contributed by atoms with Crippen LogP contribution in [0.4, 0.5) is 0 Å². The molecule has 28 heavy (non-hydrogen) atoms. The minimum Gasteiger partial charge on any atom is -0.356 e. The Bertz CT molecular complexity index is 925. The van der Waals surface area contributed by atoms with Crippen LogP contribution in [0.15, 0.2) is 26.9 Å². The molecule has 0 aliphatic carbocycles.